The Kier molecular flexibility index (Phi) is 3.66. The Morgan fingerprint density at radius 2 is 1.89 bits per heavy atom. The fraction of sp³-hybridized carbons (Fsp3) is 0.167. The summed E-state index contributed by atoms with van der Waals surface area (Å²) in [6.07, 6.45) is 1.40. The van der Waals surface area contributed by atoms with Crippen molar-refractivity contribution in [3.63, 3.8) is 0 Å². The number of benzene rings is 1. The second-order valence-corrected chi connectivity index (χ2v) is 3.63. The SMILES string of the molecule is CNc1cc(NCc2ccc(F)cc2F)ncn1. The molecule has 0 unspecified atom stereocenters. The van der Waals surface area contributed by atoms with Gasteiger partial charge in [0, 0.05) is 31.3 Å². The van der Waals surface area contributed by atoms with Gasteiger partial charge in [0.1, 0.15) is 29.6 Å². The van der Waals surface area contributed by atoms with Gasteiger partial charge in [-0.05, 0) is 6.07 Å². The van der Waals surface area contributed by atoms with Crippen LogP contribution in [0.5, 0.6) is 0 Å². The smallest absolute Gasteiger partial charge is 0.131 e. The van der Waals surface area contributed by atoms with Crippen molar-refractivity contribution in [1.29, 1.82) is 0 Å². The highest BCUT2D eigenvalue weighted by Crippen LogP contribution is 2.13. The number of rotatable bonds is 4. The first kappa shape index (κ1) is 12.2. The maximum absolute atomic E-state index is 13.4. The molecule has 1 aromatic heterocycles. The molecule has 0 atom stereocenters. The number of aromatic nitrogens is 2. The third kappa shape index (κ3) is 2.91. The van der Waals surface area contributed by atoms with E-state index in [-0.39, 0.29) is 6.54 Å². The van der Waals surface area contributed by atoms with Crippen LogP contribution < -0.4 is 10.6 Å². The molecule has 2 rings (SSSR count). The molecule has 1 heterocycles. The first-order valence-corrected chi connectivity index (χ1v) is 5.36. The monoisotopic (exact) mass is 250 g/mol. The van der Waals surface area contributed by atoms with E-state index in [9.17, 15) is 8.78 Å². The van der Waals surface area contributed by atoms with Crippen molar-refractivity contribution in [1.82, 2.24) is 9.97 Å². The zero-order chi connectivity index (χ0) is 13.0. The molecule has 94 valence electrons. The summed E-state index contributed by atoms with van der Waals surface area (Å²) in [5, 5.41) is 5.81. The molecule has 1 aromatic carbocycles. The van der Waals surface area contributed by atoms with Crippen molar-refractivity contribution >= 4 is 11.6 Å². The lowest BCUT2D eigenvalue weighted by atomic mass is 10.2. The highest BCUT2D eigenvalue weighted by atomic mass is 19.1. The van der Waals surface area contributed by atoms with Crippen molar-refractivity contribution in [2.75, 3.05) is 17.7 Å². The molecule has 0 aliphatic carbocycles. The highest BCUT2D eigenvalue weighted by molar-refractivity contribution is 5.46. The van der Waals surface area contributed by atoms with Gasteiger partial charge < -0.3 is 10.6 Å². The average molecular weight is 250 g/mol. The quantitative estimate of drug-likeness (QED) is 0.874. The van der Waals surface area contributed by atoms with E-state index < -0.39 is 11.6 Å². The van der Waals surface area contributed by atoms with Crippen LogP contribution in [0.2, 0.25) is 0 Å². The maximum Gasteiger partial charge on any atom is 0.131 e. The average Bonchev–Trinajstić information content (AvgIpc) is 2.38. The zero-order valence-electron chi connectivity index (χ0n) is 9.74. The molecule has 0 saturated carbocycles. The third-order valence-corrected chi connectivity index (χ3v) is 2.40. The molecule has 0 amide bonds. The summed E-state index contributed by atoms with van der Waals surface area (Å²) in [5.41, 5.74) is 0.376. The Bertz CT molecular complexity index is 545. The Balaban J connectivity index is 2.06. The Morgan fingerprint density at radius 1 is 1.11 bits per heavy atom. The predicted octanol–water partition coefficient (Wildman–Crippen LogP) is 2.41. The minimum atomic E-state index is -0.587. The number of halogens is 2. The molecule has 0 spiro atoms. The van der Waals surface area contributed by atoms with Crippen LogP contribution >= 0.6 is 0 Å². The van der Waals surface area contributed by atoms with E-state index in [0.717, 1.165) is 6.07 Å². The Labute approximate surface area is 103 Å². The van der Waals surface area contributed by atoms with Gasteiger partial charge in [-0.3, -0.25) is 0 Å². The summed E-state index contributed by atoms with van der Waals surface area (Å²) >= 11 is 0. The van der Waals surface area contributed by atoms with E-state index in [4.69, 9.17) is 0 Å². The van der Waals surface area contributed by atoms with Crippen molar-refractivity contribution in [3.05, 3.63) is 47.8 Å². The van der Waals surface area contributed by atoms with Crippen LogP contribution in [0.3, 0.4) is 0 Å². The number of nitrogens with one attached hydrogen (secondary N) is 2. The minimum Gasteiger partial charge on any atom is -0.373 e. The number of nitrogens with zero attached hydrogens (tertiary/aromatic N) is 2. The molecular formula is C12H12F2N4. The summed E-state index contributed by atoms with van der Waals surface area (Å²) in [7, 11) is 1.74. The molecule has 4 nitrogen and oxygen atoms in total. The van der Waals surface area contributed by atoms with Crippen molar-refractivity contribution < 1.29 is 8.78 Å². The minimum absolute atomic E-state index is 0.228. The normalized spacial score (nSPS) is 10.2. The van der Waals surface area contributed by atoms with Crippen LogP contribution in [0, 0.1) is 11.6 Å². The topological polar surface area (TPSA) is 49.8 Å². The number of anilines is 2. The van der Waals surface area contributed by atoms with Crippen LogP contribution in [-0.2, 0) is 6.54 Å². The lowest BCUT2D eigenvalue weighted by Crippen LogP contribution is -2.04. The van der Waals surface area contributed by atoms with E-state index in [1.165, 1.54) is 18.5 Å². The lowest BCUT2D eigenvalue weighted by Gasteiger charge is -2.07. The molecule has 0 bridgehead atoms. The maximum atomic E-state index is 13.4. The molecule has 6 heteroatoms. The Morgan fingerprint density at radius 3 is 2.61 bits per heavy atom. The van der Waals surface area contributed by atoms with Gasteiger partial charge in [0.15, 0.2) is 0 Å². The Hall–Kier alpha value is -2.24. The standard InChI is InChI=1S/C12H12F2N4/c1-15-11-5-12(18-7-17-11)16-6-8-2-3-9(13)4-10(8)14/h2-5,7H,6H2,1H3,(H2,15,16,17,18). The molecule has 0 aliphatic heterocycles. The predicted molar refractivity (Wildman–Crippen MR) is 65.3 cm³/mol. The van der Waals surface area contributed by atoms with Crippen LogP contribution in [0.1, 0.15) is 5.56 Å². The second-order valence-electron chi connectivity index (χ2n) is 3.63. The molecule has 0 fully saturated rings. The van der Waals surface area contributed by atoms with Crippen LogP contribution in [0.15, 0.2) is 30.6 Å². The van der Waals surface area contributed by atoms with Crippen LogP contribution in [-0.4, -0.2) is 17.0 Å². The van der Waals surface area contributed by atoms with Crippen LogP contribution in [0.25, 0.3) is 0 Å². The van der Waals surface area contributed by atoms with Gasteiger partial charge in [-0.25, -0.2) is 18.7 Å². The molecule has 2 N–H and O–H groups in total. The summed E-state index contributed by atoms with van der Waals surface area (Å²) in [4.78, 5) is 7.95. The van der Waals surface area contributed by atoms with Gasteiger partial charge in [0.2, 0.25) is 0 Å². The van der Waals surface area contributed by atoms with Gasteiger partial charge in [0.05, 0.1) is 0 Å². The fourth-order valence-corrected chi connectivity index (χ4v) is 1.44. The van der Waals surface area contributed by atoms with Gasteiger partial charge in [-0.1, -0.05) is 6.07 Å². The van der Waals surface area contributed by atoms with Gasteiger partial charge in [-0.15, -0.1) is 0 Å². The second kappa shape index (κ2) is 5.39. The number of hydrogen-bond acceptors (Lipinski definition) is 4. The van der Waals surface area contributed by atoms with Crippen molar-refractivity contribution in [3.8, 4) is 0 Å². The summed E-state index contributed by atoms with van der Waals surface area (Å²) in [5.74, 6) is 0.0614. The summed E-state index contributed by atoms with van der Waals surface area (Å²) in [6, 6.07) is 5.17. The fourth-order valence-electron chi connectivity index (χ4n) is 1.44. The third-order valence-electron chi connectivity index (χ3n) is 2.40. The molecule has 2 aromatic rings. The van der Waals surface area contributed by atoms with Crippen molar-refractivity contribution in [2.24, 2.45) is 0 Å². The van der Waals surface area contributed by atoms with Gasteiger partial charge in [0.25, 0.3) is 0 Å². The lowest BCUT2D eigenvalue weighted by molar-refractivity contribution is 0.574. The molecular weight excluding hydrogens is 238 g/mol. The zero-order valence-corrected chi connectivity index (χ0v) is 9.74. The largest absolute Gasteiger partial charge is 0.373 e. The van der Waals surface area contributed by atoms with E-state index in [2.05, 4.69) is 20.6 Å². The summed E-state index contributed by atoms with van der Waals surface area (Å²) < 4.78 is 26.1. The van der Waals surface area contributed by atoms with E-state index in [0.29, 0.717) is 17.2 Å². The first-order valence-electron chi connectivity index (χ1n) is 5.36. The summed E-state index contributed by atoms with van der Waals surface area (Å²) in [6.45, 7) is 0.228. The first-order chi connectivity index (χ1) is 8.69. The highest BCUT2D eigenvalue weighted by Gasteiger charge is 2.04. The molecule has 0 radical (unpaired) electrons. The van der Waals surface area contributed by atoms with Gasteiger partial charge in [-0.2, -0.15) is 0 Å². The van der Waals surface area contributed by atoms with Crippen LogP contribution in [0.4, 0.5) is 20.4 Å². The van der Waals surface area contributed by atoms with E-state index in [1.807, 2.05) is 0 Å². The van der Waals surface area contributed by atoms with Crippen molar-refractivity contribution in [2.45, 2.75) is 6.54 Å². The molecule has 0 aliphatic rings. The molecule has 0 saturated heterocycles. The van der Waals surface area contributed by atoms with E-state index in [1.54, 1.807) is 13.1 Å². The van der Waals surface area contributed by atoms with E-state index >= 15 is 0 Å². The number of hydrogen-bond donors (Lipinski definition) is 2. The molecule has 18 heavy (non-hydrogen) atoms. The van der Waals surface area contributed by atoms with Gasteiger partial charge >= 0.3 is 0 Å².